The molecule has 0 saturated carbocycles. The van der Waals surface area contributed by atoms with Crippen molar-refractivity contribution in [2.75, 3.05) is 26.4 Å². The second-order valence-electron chi connectivity index (χ2n) is 7.13. The molecule has 2 unspecified atom stereocenters. The van der Waals surface area contributed by atoms with Crippen LogP contribution < -0.4 is 9.47 Å². The third kappa shape index (κ3) is 4.19. The Labute approximate surface area is 164 Å². The van der Waals surface area contributed by atoms with Crippen molar-refractivity contribution in [3.63, 3.8) is 0 Å². The van der Waals surface area contributed by atoms with Crippen LogP contribution in [0.3, 0.4) is 0 Å². The largest absolute Gasteiger partial charge is 0.491 e. The smallest absolute Gasteiger partial charge is 0.119 e. The van der Waals surface area contributed by atoms with Gasteiger partial charge in [-0.2, -0.15) is 0 Å². The topological polar surface area (TPSA) is 43.5 Å². The van der Waals surface area contributed by atoms with Crippen LogP contribution in [0.25, 0.3) is 22.3 Å². The van der Waals surface area contributed by atoms with Gasteiger partial charge in [0.2, 0.25) is 0 Å². The molecule has 2 atom stereocenters. The van der Waals surface area contributed by atoms with E-state index in [1.54, 1.807) is 0 Å². The molecule has 2 fully saturated rings. The minimum atomic E-state index is 0.268. The zero-order valence-corrected chi connectivity index (χ0v) is 15.5. The molecule has 2 saturated heterocycles. The first-order valence-corrected chi connectivity index (χ1v) is 9.64. The first-order chi connectivity index (χ1) is 13.8. The molecule has 0 radical (unpaired) electrons. The highest BCUT2D eigenvalue weighted by molar-refractivity contribution is 5.83. The van der Waals surface area contributed by atoms with Gasteiger partial charge in [-0.3, -0.25) is 0 Å². The van der Waals surface area contributed by atoms with Crippen LogP contribution in [0.4, 0.5) is 0 Å². The van der Waals surface area contributed by atoms with Crippen LogP contribution in [0, 0.1) is 0 Å². The highest BCUT2D eigenvalue weighted by Gasteiger charge is 2.23. The van der Waals surface area contributed by atoms with Gasteiger partial charge in [-0.25, -0.2) is 0 Å². The van der Waals surface area contributed by atoms with Gasteiger partial charge in [-0.1, -0.05) is 48.5 Å². The Kier molecular flexibility index (Phi) is 4.73. The molecule has 2 aliphatic rings. The predicted molar refractivity (Wildman–Crippen MR) is 108 cm³/mol. The van der Waals surface area contributed by atoms with Crippen molar-refractivity contribution in [2.24, 2.45) is 0 Å². The van der Waals surface area contributed by atoms with Crippen molar-refractivity contribution in [1.82, 2.24) is 0 Å². The molecule has 0 spiro atoms. The molecule has 2 heterocycles. The SMILES string of the molecule is c1ccc(-c2ccc(OCC3CO3)cc2)c(-c2ccc(OCC3CO3)cc2)c1. The van der Waals surface area contributed by atoms with Gasteiger partial charge in [0.05, 0.1) is 13.2 Å². The van der Waals surface area contributed by atoms with Crippen LogP contribution in [-0.4, -0.2) is 38.6 Å². The average molecular weight is 374 g/mol. The van der Waals surface area contributed by atoms with E-state index < -0.39 is 0 Å². The predicted octanol–water partition coefficient (Wildman–Crippen LogP) is 4.58. The fourth-order valence-corrected chi connectivity index (χ4v) is 3.15. The van der Waals surface area contributed by atoms with Gasteiger partial charge in [0.25, 0.3) is 0 Å². The molecular formula is C24H22O4. The summed E-state index contributed by atoms with van der Waals surface area (Å²) in [6.07, 6.45) is 0.535. The Balaban J connectivity index is 1.34. The molecule has 3 aromatic carbocycles. The number of ether oxygens (including phenoxy) is 4. The second kappa shape index (κ2) is 7.66. The van der Waals surface area contributed by atoms with E-state index in [1.165, 1.54) is 11.1 Å². The van der Waals surface area contributed by atoms with Crippen molar-refractivity contribution in [2.45, 2.75) is 12.2 Å². The van der Waals surface area contributed by atoms with Crippen LogP contribution in [0.1, 0.15) is 0 Å². The van der Waals surface area contributed by atoms with Gasteiger partial charge in [0.1, 0.15) is 36.9 Å². The monoisotopic (exact) mass is 374 g/mol. The molecule has 2 aliphatic heterocycles. The van der Waals surface area contributed by atoms with Gasteiger partial charge < -0.3 is 18.9 Å². The molecule has 5 rings (SSSR count). The van der Waals surface area contributed by atoms with Crippen molar-refractivity contribution in [3.05, 3.63) is 72.8 Å². The summed E-state index contributed by atoms with van der Waals surface area (Å²) in [4.78, 5) is 0. The standard InChI is InChI=1S/C24H22O4/c1-2-4-24(18-7-11-20(12-8-18)26-14-22-16-28-22)23(3-1)17-5-9-19(10-6-17)25-13-21-15-27-21/h1-12,21-22H,13-16H2. The van der Waals surface area contributed by atoms with Crippen LogP contribution >= 0.6 is 0 Å². The summed E-state index contributed by atoms with van der Waals surface area (Å²) in [5, 5.41) is 0. The minimum Gasteiger partial charge on any atom is -0.491 e. The van der Waals surface area contributed by atoms with E-state index in [4.69, 9.17) is 18.9 Å². The molecule has 0 bridgehead atoms. The molecule has 0 amide bonds. The summed E-state index contributed by atoms with van der Waals surface area (Å²) in [5.41, 5.74) is 4.72. The van der Waals surface area contributed by atoms with Crippen molar-refractivity contribution in [3.8, 4) is 33.8 Å². The number of hydrogen-bond acceptors (Lipinski definition) is 4. The Morgan fingerprint density at radius 2 is 1.00 bits per heavy atom. The highest BCUT2D eigenvalue weighted by atomic mass is 16.6. The van der Waals surface area contributed by atoms with Crippen LogP contribution in [0.5, 0.6) is 11.5 Å². The quantitative estimate of drug-likeness (QED) is 0.542. The van der Waals surface area contributed by atoms with E-state index in [0.29, 0.717) is 13.2 Å². The molecule has 0 aromatic heterocycles. The van der Waals surface area contributed by atoms with Gasteiger partial charge >= 0.3 is 0 Å². The zero-order chi connectivity index (χ0) is 18.8. The van der Waals surface area contributed by atoms with E-state index in [2.05, 4.69) is 48.5 Å². The number of hydrogen-bond donors (Lipinski definition) is 0. The fourth-order valence-electron chi connectivity index (χ4n) is 3.15. The lowest BCUT2D eigenvalue weighted by molar-refractivity contribution is 0.263. The highest BCUT2D eigenvalue weighted by Crippen LogP contribution is 2.33. The summed E-state index contributed by atoms with van der Waals surface area (Å²) in [6.45, 7) is 2.86. The molecule has 4 heteroatoms. The second-order valence-corrected chi connectivity index (χ2v) is 7.13. The van der Waals surface area contributed by atoms with Crippen molar-refractivity contribution < 1.29 is 18.9 Å². The Hall–Kier alpha value is -2.82. The summed E-state index contributed by atoms with van der Waals surface area (Å²) in [6, 6.07) is 24.9. The molecule has 0 aliphatic carbocycles. The molecule has 4 nitrogen and oxygen atoms in total. The summed E-state index contributed by atoms with van der Waals surface area (Å²) >= 11 is 0. The van der Waals surface area contributed by atoms with E-state index in [0.717, 1.165) is 35.8 Å². The minimum absolute atomic E-state index is 0.268. The van der Waals surface area contributed by atoms with Crippen LogP contribution in [0.2, 0.25) is 0 Å². The Morgan fingerprint density at radius 1 is 0.607 bits per heavy atom. The Bertz CT molecular complexity index is 847. The number of epoxide rings is 2. The number of benzene rings is 3. The summed E-state index contributed by atoms with van der Waals surface area (Å²) < 4.78 is 21.9. The lowest BCUT2D eigenvalue weighted by Crippen LogP contribution is -2.03. The normalized spacial score (nSPS) is 19.9. The Morgan fingerprint density at radius 3 is 1.36 bits per heavy atom. The third-order valence-corrected chi connectivity index (χ3v) is 4.93. The van der Waals surface area contributed by atoms with E-state index in [9.17, 15) is 0 Å². The van der Waals surface area contributed by atoms with Crippen LogP contribution in [-0.2, 0) is 9.47 Å². The summed E-state index contributed by atoms with van der Waals surface area (Å²) in [7, 11) is 0. The van der Waals surface area contributed by atoms with Crippen LogP contribution in [0.15, 0.2) is 72.8 Å². The maximum atomic E-state index is 5.75. The molecule has 3 aromatic rings. The van der Waals surface area contributed by atoms with Gasteiger partial charge in [-0.05, 0) is 46.5 Å². The molecule has 142 valence electrons. The first-order valence-electron chi connectivity index (χ1n) is 9.64. The van der Waals surface area contributed by atoms with E-state index in [-0.39, 0.29) is 12.2 Å². The molecule has 0 N–H and O–H groups in total. The first kappa shape index (κ1) is 17.3. The van der Waals surface area contributed by atoms with Gasteiger partial charge in [0, 0.05) is 0 Å². The lowest BCUT2D eigenvalue weighted by atomic mass is 9.94. The maximum Gasteiger partial charge on any atom is 0.119 e. The molecular weight excluding hydrogens is 352 g/mol. The lowest BCUT2D eigenvalue weighted by Gasteiger charge is -2.12. The summed E-state index contributed by atoms with van der Waals surface area (Å²) in [5.74, 6) is 1.75. The van der Waals surface area contributed by atoms with Crippen molar-refractivity contribution >= 4 is 0 Å². The van der Waals surface area contributed by atoms with Crippen molar-refractivity contribution in [1.29, 1.82) is 0 Å². The average Bonchev–Trinajstić information content (AvgIpc) is 3.67. The fraction of sp³-hybridized carbons (Fsp3) is 0.250. The maximum absolute atomic E-state index is 5.75. The van der Waals surface area contributed by atoms with E-state index in [1.807, 2.05) is 24.3 Å². The molecule has 28 heavy (non-hydrogen) atoms. The van der Waals surface area contributed by atoms with E-state index >= 15 is 0 Å². The number of rotatable bonds is 8. The van der Waals surface area contributed by atoms with Gasteiger partial charge in [0.15, 0.2) is 0 Å². The van der Waals surface area contributed by atoms with Gasteiger partial charge in [-0.15, -0.1) is 0 Å². The zero-order valence-electron chi connectivity index (χ0n) is 15.5. The third-order valence-electron chi connectivity index (χ3n) is 4.93.